The number of aromatic nitrogens is 2. The molecule has 11 nitrogen and oxygen atoms in total. The van der Waals surface area contributed by atoms with Crippen LogP contribution in [0.4, 0.5) is 20.8 Å². The summed E-state index contributed by atoms with van der Waals surface area (Å²) < 4.78 is 47.1. The molecule has 2 amide bonds. The molecule has 1 saturated heterocycles. The molecule has 2 heterocycles. The van der Waals surface area contributed by atoms with Crippen molar-refractivity contribution in [3.05, 3.63) is 18.1 Å². The Morgan fingerprint density at radius 1 is 1.38 bits per heavy atom. The number of carbonyl (C=O) groups is 2. The molecule has 0 spiro atoms. The van der Waals surface area contributed by atoms with Gasteiger partial charge >= 0.3 is 16.3 Å². The average Bonchev–Trinajstić information content (AvgIpc) is 2.93. The number of phenolic OH excluding ortho intramolecular Hbond substituents is 1. The first-order valence-electron chi connectivity index (χ1n) is 9.90. The van der Waals surface area contributed by atoms with Crippen molar-refractivity contribution < 1.29 is 32.2 Å². The van der Waals surface area contributed by atoms with Gasteiger partial charge in [0.15, 0.2) is 5.82 Å². The Morgan fingerprint density at radius 2 is 2.06 bits per heavy atom. The van der Waals surface area contributed by atoms with Crippen molar-refractivity contribution in [2.24, 2.45) is 5.92 Å². The predicted molar refractivity (Wildman–Crippen MR) is 114 cm³/mol. The maximum absolute atomic E-state index is 15.4. The summed E-state index contributed by atoms with van der Waals surface area (Å²) in [5, 5.41) is 10.3. The van der Waals surface area contributed by atoms with Crippen LogP contribution < -0.4 is 13.9 Å². The standard InChI is InChI=1S/C19H24FN5O6S/c1-10(2)5-6-24(19(28)31-11(3)4)18-21-8-12-7-13(26)17(15(20)16(12)22-18)25-9-14(27)23-32(25,29)30/h7-8,10-11,26H,5-6,9H2,1-4H3,(H,23,27). The fourth-order valence-electron chi connectivity index (χ4n) is 3.04. The summed E-state index contributed by atoms with van der Waals surface area (Å²) in [5.74, 6) is -2.65. The van der Waals surface area contributed by atoms with Gasteiger partial charge in [0.05, 0.1) is 6.10 Å². The number of nitrogens with zero attached hydrogens (tertiary/aromatic N) is 4. The third kappa shape index (κ3) is 4.66. The van der Waals surface area contributed by atoms with Crippen molar-refractivity contribution in [2.45, 2.75) is 40.2 Å². The molecule has 0 atom stereocenters. The van der Waals surface area contributed by atoms with E-state index in [2.05, 4.69) is 9.97 Å². The highest BCUT2D eigenvalue weighted by Gasteiger charge is 2.38. The number of fused-ring (bicyclic) bond motifs is 1. The minimum atomic E-state index is -4.37. The summed E-state index contributed by atoms with van der Waals surface area (Å²) in [6.07, 6.45) is 0.682. The number of hydrogen-bond donors (Lipinski definition) is 2. The highest BCUT2D eigenvalue weighted by atomic mass is 32.2. The van der Waals surface area contributed by atoms with Crippen LogP contribution in [-0.4, -0.2) is 54.7 Å². The number of aromatic hydroxyl groups is 1. The van der Waals surface area contributed by atoms with Gasteiger partial charge in [-0.3, -0.25) is 4.79 Å². The van der Waals surface area contributed by atoms with Crippen LogP contribution in [0.25, 0.3) is 10.9 Å². The molecule has 2 N–H and O–H groups in total. The van der Waals surface area contributed by atoms with Crippen LogP contribution in [0.2, 0.25) is 0 Å². The van der Waals surface area contributed by atoms with Crippen LogP contribution in [0.1, 0.15) is 34.1 Å². The van der Waals surface area contributed by atoms with Gasteiger partial charge in [-0.25, -0.2) is 33.1 Å². The third-order valence-electron chi connectivity index (χ3n) is 4.55. The number of carbonyl (C=O) groups excluding carboxylic acids is 2. The zero-order valence-corrected chi connectivity index (χ0v) is 18.8. The van der Waals surface area contributed by atoms with E-state index in [1.54, 1.807) is 18.6 Å². The van der Waals surface area contributed by atoms with Crippen molar-refractivity contribution in [1.29, 1.82) is 0 Å². The lowest BCUT2D eigenvalue weighted by Gasteiger charge is -2.23. The number of anilines is 2. The molecule has 0 unspecified atom stereocenters. The highest BCUT2D eigenvalue weighted by molar-refractivity contribution is 7.92. The minimum absolute atomic E-state index is 0.0735. The Balaban J connectivity index is 2.11. The first kappa shape index (κ1) is 23.4. The van der Waals surface area contributed by atoms with Gasteiger partial charge in [-0.15, -0.1) is 0 Å². The number of nitrogens with one attached hydrogen (secondary N) is 1. The quantitative estimate of drug-likeness (QED) is 0.655. The zero-order valence-electron chi connectivity index (χ0n) is 18.0. The summed E-state index contributed by atoms with van der Waals surface area (Å²) in [6.45, 7) is 6.81. The Morgan fingerprint density at radius 3 is 2.62 bits per heavy atom. The topological polar surface area (TPSA) is 142 Å². The lowest BCUT2D eigenvalue weighted by molar-refractivity contribution is -0.117. The predicted octanol–water partition coefficient (Wildman–Crippen LogP) is 2.05. The lowest BCUT2D eigenvalue weighted by atomic mass is 10.1. The number of benzene rings is 1. The third-order valence-corrected chi connectivity index (χ3v) is 5.93. The van der Waals surface area contributed by atoms with Gasteiger partial charge < -0.3 is 9.84 Å². The van der Waals surface area contributed by atoms with Crippen LogP contribution in [0.5, 0.6) is 5.75 Å². The summed E-state index contributed by atoms with van der Waals surface area (Å²) in [6, 6.07) is 1.08. The maximum Gasteiger partial charge on any atom is 0.416 e. The SMILES string of the molecule is CC(C)CCN(C(=O)OC(C)C)c1ncc2cc(O)c(N3CC(=O)NS3(=O)=O)c(F)c2n1. The van der Waals surface area contributed by atoms with Gasteiger partial charge in [0.25, 0.3) is 5.91 Å². The Kier molecular flexibility index (Phi) is 6.39. The molecule has 0 aliphatic carbocycles. The minimum Gasteiger partial charge on any atom is -0.506 e. The number of ether oxygens (including phenoxy) is 1. The first-order valence-corrected chi connectivity index (χ1v) is 11.3. The summed E-state index contributed by atoms with van der Waals surface area (Å²) >= 11 is 0. The molecular formula is C19H24FN5O6S. The Bertz CT molecular complexity index is 1170. The number of rotatable bonds is 6. The van der Waals surface area contributed by atoms with Gasteiger partial charge in [0, 0.05) is 18.1 Å². The molecule has 1 aliphatic heterocycles. The van der Waals surface area contributed by atoms with Crippen molar-refractivity contribution in [3.63, 3.8) is 0 Å². The van der Waals surface area contributed by atoms with Crippen molar-refractivity contribution in [2.75, 3.05) is 22.3 Å². The second-order valence-electron chi connectivity index (χ2n) is 7.97. The van der Waals surface area contributed by atoms with Crippen LogP contribution in [0, 0.1) is 11.7 Å². The molecule has 2 aromatic rings. The number of phenols is 1. The van der Waals surface area contributed by atoms with E-state index in [1.165, 1.54) is 11.1 Å². The summed E-state index contributed by atoms with van der Waals surface area (Å²) in [7, 11) is -4.37. The number of hydrogen-bond acceptors (Lipinski definition) is 8. The lowest BCUT2D eigenvalue weighted by Crippen LogP contribution is -2.36. The van der Waals surface area contributed by atoms with Gasteiger partial charge in [-0.2, -0.15) is 8.42 Å². The molecule has 1 aromatic carbocycles. The van der Waals surface area contributed by atoms with Gasteiger partial charge in [0.2, 0.25) is 5.95 Å². The number of amides is 2. The van der Waals surface area contributed by atoms with E-state index in [1.807, 2.05) is 13.8 Å². The van der Waals surface area contributed by atoms with Crippen LogP contribution in [0.15, 0.2) is 12.3 Å². The molecule has 1 fully saturated rings. The van der Waals surface area contributed by atoms with E-state index in [9.17, 15) is 23.1 Å². The maximum atomic E-state index is 15.4. The normalized spacial score (nSPS) is 15.5. The average molecular weight is 469 g/mol. The van der Waals surface area contributed by atoms with E-state index in [-0.39, 0.29) is 29.3 Å². The van der Waals surface area contributed by atoms with E-state index >= 15 is 4.39 Å². The van der Waals surface area contributed by atoms with Gasteiger partial charge in [-0.05, 0) is 32.3 Å². The van der Waals surface area contributed by atoms with E-state index in [4.69, 9.17) is 4.74 Å². The van der Waals surface area contributed by atoms with Crippen molar-refractivity contribution >= 4 is 44.7 Å². The van der Waals surface area contributed by atoms with E-state index < -0.39 is 52.1 Å². The first-order chi connectivity index (χ1) is 14.9. The fraction of sp³-hybridized carbons (Fsp3) is 0.474. The molecule has 13 heteroatoms. The van der Waals surface area contributed by atoms with Crippen molar-refractivity contribution in [3.8, 4) is 5.75 Å². The Labute approximate surface area is 184 Å². The molecule has 0 radical (unpaired) electrons. The van der Waals surface area contributed by atoms with Crippen LogP contribution >= 0.6 is 0 Å². The number of halogens is 1. The molecule has 3 rings (SSSR count). The van der Waals surface area contributed by atoms with Crippen LogP contribution in [0.3, 0.4) is 0 Å². The second kappa shape index (κ2) is 8.73. The van der Waals surface area contributed by atoms with Gasteiger partial charge in [0.1, 0.15) is 23.5 Å². The molecule has 0 bridgehead atoms. The van der Waals surface area contributed by atoms with Crippen molar-refractivity contribution in [1.82, 2.24) is 14.7 Å². The second-order valence-corrected chi connectivity index (χ2v) is 9.56. The molecule has 1 aromatic heterocycles. The summed E-state index contributed by atoms with van der Waals surface area (Å²) in [5.41, 5.74) is -1.05. The smallest absolute Gasteiger partial charge is 0.416 e. The largest absolute Gasteiger partial charge is 0.506 e. The van der Waals surface area contributed by atoms with E-state index in [0.29, 0.717) is 10.7 Å². The summed E-state index contributed by atoms with van der Waals surface area (Å²) in [4.78, 5) is 33.5. The Hall–Kier alpha value is -3.22. The molecule has 32 heavy (non-hydrogen) atoms. The zero-order chi connectivity index (χ0) is 23.8. The van der Waals surface area contributed by atoms with Gasteiger partial charge in [-0.1, -0.05) is 13.8 Å². The molecule has 0 saturated carbocycles. The fourth-order valence-corrected chi connectivity index (χ4v) is 4.21. The molecular weight excluding hydrogens is 445 g/mol. The monoisotopic (exact) mass is 469 g/mol. The van der Waals surface area contributed by atoms with Crippen LogP contribution in [-0.2, 0) is 19.7 Å². The molecule has 174 valence electrons. The molecule has 1 aliphatic rings. The van der Waals surface area contributed by atoms with E-state index in [0.717, 1.165) is 6.07 Å². The highest BCUT2D eigenvalue weighted by Crippen LogP contribution is 2.38.